The Balaban J connectivity index is 3.14. The number of halogens is 3. The van der Waals surface area contributed by atoms with E-state index in [9.17, 15) is 13.2 Å². The van der Waals surface area contributed by atoms with Crippen molar-refractivity contribution in [1.29, 1.82) is 0 Å². The van der Waals surface area contributed by atoms with Crippen LogP contribution in [0.2, 0.25) is 0 Å². The van der Waals surface area contributed by atoms with Crippen LogP contribution in [0.5, 0.6) is 0 Å². The second kappa shape index (κ2) is 3.39. The van der Waals surface area contributed by atoms with E-state index in [0.717, 1.165) is 17.8 Å². The number of hydrogen-bond acceptors (Lipinski definition) is 1. The van der Waals surface area contributed by atoms with E-state index in [1.807, 2.05) is 0 Å². The largest absolute Gasteiger partial charge is 0.417 e. The molecule has 0 spiro atoms. The van der Waals surface area contributed by atoms with Crippen LogP contribution in [-0.4, -0.2) is 6.26 Å². The van der Waals surface area contributed by atoms with Crippen LogP contribution in [0.25, 0.3) is 0 Å². The molecule has 4 heteroatoms. The van der Waals surface area contributed by atoms with Gasteiger partial charge in [0.15, 0.2) is 0 Å². The highest BCUT2D eigenvalue weighted by atomic mass is 32.2. The van der Waals surface area contributed by atoms with Crippen LogP contribution in [0.3, 0.4) is 0 Å². The molecule has 65 valence electrons. The molecule has 12 heavy (non-hydrogen) atoms. The minimum absolute atomic E-state index is 0.213. The fraction of sp³-hybridized carbons (Fsp3) is 0.250. The van der Waals surface area contributed by atoms with E-state index >= 15 is 0 Å². The van der Waals surface area contributed by atoms with Crippen LogP contribution in [-0.2, 0) is 6.18 Å². The van der Waals surface area contributed by atoms with Crippen molar-refractivity contribution in [2.75, 3.05) is 6.26 Å². The first kappa shape index (κ1) is 9.45. The highest BCUT2D eigenvalue weighted by molar-refractivity contribution is 7.98. The van der Waals surface area contributed by atoms with E-state index in [2.05, 4.69) is 6.07 Å². The fourth-order valence-corrected chi connectivity index (χ4v) is 1.41. The van der Waals surface area contributed by atoms with Gasteiger partial charge in [0.1, 0.15) is 0 Å². The van der Waals surface area contributed by atoms with Crippen LogP contribution in [0.4, 0.5) is 13.2 Å². The lowest BCUT2D eigenvalue weighted by atomic mass is 10.2. The highest BCUT2D eigenvalue weighted by Crippen LogP contribution is 2.35. The molecule has 1 aromatic rings. The first-order valence-electron chi connectivity index (χ1n) is 3.17. The van der Waals surface area contributed by atoms with Crippen molar-refractivity contribution in [3.05, 3.63) is 29.8 Å². The quantitative estimate of drug-likeness (QED) is 0.614. The summed E-state index contributed by atoms with van der Waals surface area (Å²) in [6.07, 6.45) is -2.65. The maximum atomic E-state index is 12.2. The summed E-state index contributed by atoms with van der Waals surface area (Å²) < 4.78 is 36.6. The lowest BCUT2D eigenvalue weighted by molar-refractivity contribution is -0.139. The predicted molar refractivity (Wildman–Crippen MR) is 42.1 cm³/mol. The Morgan fingerprint density at radius 2 is 2.08 bits per heavy atom. The molecule has 0 saturated carbocycles. The zero-order valence-electron chi connectivity index (χ0n) is 6.27. The molecule has 0 aliphatic carbocycles. The Morgan fingerprint density at radius 1 is 1.42 bits per heavy atom. The molecule has 0 heterocycles. The normalized spacial score (nSPS) is 11.7. The van der Waals surface area contributed by atoms with Gasteiger partial charge in [0.25, 0.3) is 0 Å². The summed E-state index contributed by atoms with van der Waals surface area (Å²) in [6, 6.07) is 6.24. The molecule has 0 aliphatic heterocycles. The highest BCUT2D eigenvalue weighted by Gasteiger charge is 2.32. The summed E-state index contributed by atoms with van der Waals surface area (Å²) in [5.74, 6) is 0. The number of hydrogen-bond donors (Lipinski definition) is 0. The summed E-state index contributed by atoms with van der Waals surface area (Å²) in [5.41, 5.74) is -0.589. The lowest BCUT2D eigenvalue weighted by Gasteiger charge is -2.09. The smallest absolute Gasteiger partial charge is 0.166 e. The maximum Gasteiger partial charge on any atom is 0.417 e. The van der Waals surface area contributed by atoms with Gasteiger partial charge in [0, 0.05) is 4.90 Å². The van der Waals surface area contributed by atoms with Crippen molar-refractivity contribution in [2.45, 2.75) is 11.1 Å². The molecule has 0 atom stereocenters. The molecule has 0 amide bonds. The van der Waals surface area contributed by atoms with Gasteiger partial charge in [-0.25, -0.2) is 0 Å². The van der Waals surface area contributed by atoms with Crippen molar-refractivity contribution < 1.29 is 13.2 Å². The molecular formula is C8H6F3S. The zero-order valence-corrected chi connectivity index (χ0v) is 7.09. The van der Waals surface area contributed by atoms with Crippen molar-refractivity contribution in [1.82, 2.24) is 0 Å². The van der Waals surface area contributed by atoms with Gasteiger partial charge in [-0.2, -0.15) is 13.2 Å². The Kier molecular flexibility index (Phi) is 2.67. The predicted octanol–water partition coefficient (Wildman–Crippen LogP) is 3.23. The topological polar surface area (TPSA) is 0 Å². The number of thioether (sulfide) groups is 1. The molecule has 0 unspecified atom stereocenters. The van der Waals surface area contributed by atoms with Gasteiger partial charge >= 0.3 is 6.18 Å². The summed E-state index contributed by atoms with van der Waals surface area (Å²) >= 11 is 1.07. The fourth-order valence-electron chi connectivity index (χ4n) is 0.818. The molecule has 0 saturated heterocycles. The number of rotatable bonds is 1. The van der Waals surface area contributed by atoms with Gasteiger partial charge in [-0.1, -0.05) is 6.07 Å². The van der Waals surface area contributed by atoms with Gasteiger partial charge in [-0.05, 0) is 24.5 Å². The van der Waals surface area contributed by atoms with E-state index in [0.29, 0.717) is 0 Å². The van der Waals surface area contributed by atoms with Crippen LogP contribution >= 0.6 is 11.8 Å². The van der Waals surface area contributed by atoms with Gasteiger partial charge < -0.3 is 0 Å². The van der Waals surface area contributed by atoms with Crippen molar-refractivity contribution in [2.24, 2.45) is 0 Å². The van der Waals surface area contributed by atoms with Crippen molar-refractivity contribution in [3.8, 4) is 0 Å². The van der Waals surface area contributed by atoms with E-state index in [1.54, 1.807) is 6.26 Å². The molecule has 0 nitrogen and oxygen atoms in total. The second-order valence-corrected chi connectivity index (χ2v) is 2.97. The zero-order chi connectivity index (χ0) is 9.19. The Bertz CT molecular complexity index is 267. The third-order valence-corrected chi connectivity index (χ3v) is 2.13. The van der Waals surface area contributed by atoms with E-state index in [1.165, 1.54) is 12.1 Å². The monoisotopic (exact) mass is 191 g/mol. The summed E-state index contributed by atoms with van der Waals surface area (Å²) in [4.78, 5) is 0.213. The second-order valence-electron chi connectivity index (χ2n) is 2.12. The lowest BCUT2D eigenvalue weighted by Crippen LogP contribution is -2.06. The summed E-state index contributed by atoms with van der Waals surface area (Å²) in [7, 11) is 0. The minimum atomic E-state index is -4.26. The van der Waals surface area contributed by atoms with Gasteiger partial charge in [0.05, 0.1) is 5.56 Å². The van der Waals surface area contributed by atoms with E-state index in [-0.39, 0.29) is 4.90 Å². The molecule has 0 bridgehead atoms. The van der Waals surface area contributed by atoms with E-state index in [4.69, 9.17) is 0 Å². The Hall–Kier alpha value is -0.640. The van der Waals surface area contributed by atoms with Gasteiger partial charge in [-0.3, -0.25) is 0 Å². The van der Waals surface area contributed by atoms with Crippen molar-refractivity contribution in [3.63, 3.8) is 0 Å². The van der Waals surface area contributed by atoms with Gasteiger partial charge in [-0.15, -0.1) is 11.8 Å². The third-order valence-electron chi connectivity index (χ3n) is 1.35. The third kappa shape index (κ3) is 1.94. The summed E-state index contributed by atoms with van der Waals surface area (Å²) in [6.45, 7) is 0. The standard InChI is InChI=1S/C8H6F3S/c1-12-7-5-3-2-4-6(7)8(9,10)11/h2,4-5H,1H3. The van der Waals surface area contributed by atoms with Crippen LogP contribution < -0.4 is 0 Å². The molecule has 0 aromatic heterocycles. The molecule has 1 aromatic carbocycles. The first-order valence-corrected chi connectivity index (χ1v) is 4.39. The van der Waals surface area contributed by atoms with Crippen molar-refractivity contribution >= 4 is 11.8 Å². The molecule has 0 aliphatic rings. The average molecular weight is 191 g/mol. The number of alkyl halides is 3. The Labute approximate surface area is 72.8 Å². The van der Waals surface area contributed by atoms with Crippen LogP contribution in [0.1, 0.15) is 5.56 Å². The Morgan fingerprint density at radius 3 is 2.50 bits per heavy atom. The SMILES string of the molecule is CSc1c[c]ccc1C(F)(F)F. The minimum Gasteiger partial charge on any atom is -0.166 e. The summed E-state index contributed by atoms with van der Waals surface area (Å²) in [5, 5.41) is 0. The number of benzene rings is 1. The van der Waals surface area contributed by atoms with Gasteiger partial charge in [0.2, 0.25) is 0 Å². The maximum absolute atomic E-state index is 12.2. The molecular weight excluding hydrogens is 185 g/mol. The first-order chi connectivity index (χ1) is 5.55. The molecule has 1 radical (unpaired) electrons. The molecule has 0 fully saturated rings. The molecule has 0 N–H and O–H groups in total. The van der Waals surface area contributed by atoms with E-state index < -0.39 is 11.7 Å². The van der Waals surface area contributed by atoms with Crippen LogP contribution in [0, 0.1) is 6.07 Å². The van der Waals surface area contributed by atoms with Crippen LogP contribution in [0.15, 0.2) is 23.1 Å². The average Bonchev–Trinajstić information content (AvgIpc) is 2.03. The molecule has 1 rings (SSSR count).